The zero-order chi connectivity index (χ0) is 21.8. The van der Waals surface area contributed by atoms with Crippen molar-refractivity contribution < 1.29 is 13.2 Å². The lowest BCUT2D eigenvalue weighted by Crippen LogP contribution is -2.50. The molecule has 1 heterocycles. The predicted molar refractivity (Wildman–Crippen MR) is 122 cm³/mol. The van der Waals surface area contributed by atoms with Crippen molar-refractivity contribution in [2.24, 2.45) is 5.92 Å². The van der Waals surface area contributed by atoms with Crippen molar-refractivity contribution in [1.82, 2.24) is 9.62 Å². The van der Waals surface area contributed by atoms with E-state index in [1.54, 1.807) is 23.9 Å². The molecule has 2 aromatic carbocycles. The first kappa shape index (κ1) is 22.8. The van der Waals surface area contributed by atoms with E-state index in [0.29, 0.717) is 30.8 Å². The molecule has 0 spiro atoms. The van der Waals surface area contributed by atoms with Crippen LogP contribution < -0.4 is 5.32 Å². The lowest BCUT2D eigenvalue weighted by molar-refractivity contribution is -0.127. The number of piperidine rings is 1. The summed E-state index contributed by atoms with van der Waals surface area (Å²) >= 11 is 1.58. The third kappa shape index (κ3) is 5.65. The minimum Gasteiger partial charge on any atom is -0.351 e. The molecule has 1 N–H and O–H groups in total. The fourth-order valence-electron chi connectivity index (χ4n) is 3.84. The topological polar surface area (TPSA) is 66.5 Å². The summed E-state index contributed by atoms with van der Waals surface area (Å²) < 4.78 is 27.3. The van der Waals surface area contributed by atoms with Crippen molar-refractivity contribution in [2.45, 2.75) is 48.4 Å². The zero-order valence-corrected chi connectivity index (χ0v) is 19.4. The van der Waals surface area contributed by atoms with Gasteiger partial charge in [0, 0.05) is 29.4 Å². The van der Waals surface area contributed by atoms with Crippen molar-refractivity contribution in [3.05, 3.63) is 60.2 Å². The van der Waals surface area contributed by atoms with Gasteiger partial charge in [-0.05, 0) is 69.2 Å². The number of carbonyl (C=O) groups excluding carboxylic acids is 1. The van der Waals surface area contributed by atoms with Crippen LogP contribution in [0.5, 0.6) is 0 Å². The van der Waals surface area contributed by atoms with Crippen molar-refractivity contribution in [1.29, 1.82) is 0 Å². The minimum absolute atomic E-state index is 0.0114. The van der Waals surface area contributed by atoms with Crippen molar-refractivity contribution in [3.8, 4) is 0 Å². The van der Waals surface area contributed by atoms with Crippen LogP contribution in [0.2, 0.25) is 0 Å². The lowest BCUT2D eigenvalue weighted by Gasteiger charge is -2.33. The quantitative estimate of drug-likeness (QED) is 0.654. The third-order valence-electron chi connectivity index (χ3n) is 5.47. The third-order valence-corrected chi connectivity index (χ3v) is 8.13. The highest BCUT2D eigenvalue weighted by molar-refractivity contribution is 7.98. The molecule has 0 aromatic heterocycles. The summed E-state index contributed by atoms with van der Waals surface area (Å²) in [7, 11) is -3.52. The Morgan fingerprint density at radius 2 is 1.67 bits per heavy atom. The van der Waals surface area contributed by atoms with Crippen LogP contribution in [0.15, 0.2) is 64.4 Å². The zero-order valence-electron chi connectivity index (χ0n) is 17.8. The molecular formula is C23H30N2O3S2. The van der Waals surface area contributed by atoms with Crippen LogP contribution in [-0.2, 0) is 21.2 Å². The summed E-state index contributed by atoms with van der Waals surface area (Å²) in [4.78, 5) is 14.2. The fraction of sp³-hybridized carbons (Fsp3) is 0.435. The number of nitrogens with zero attached hydrogens (tertiary/aromatic N) is 1. The normalized spacial score (nSPS) is 16.4. The highest BCUT2D eigenvalue weighted by Gasteiger charge is 2.33. The highest BCUT2D eigenvalue weighted by atomic mass is 32.2. The van der Waals surface area contributed by atoms with E-state index in [1.807, 2.05) is 50.4 Å². The van der Waals surface area contributed by atoms with Gasteiger partial charge in [-0.3, -0.25) is 4.79 Å². The fourth-order valence-corrected chi connectivity index (χ4v) is 5.72. The number of sulfonamides is 1. The largest absolute Gasteiger partial charge is 0.351 e. The lowest BCUT2D eigenvalue weighted by atomic mass is 9.91. The summed E-state index contributed by atoms with van der Waals surface area (Å²) in [6.07, 6.45) is 3.78. The molecule has 3 rings (SSSR count). The van der Waals surface area contributed by atoms with E-state index in [0.717, 1.165) is 11.3 Å². The first-order valence-corrected chi connectivity index (χ1v) is 12.9. The van der Waals surface area contributed by atoms with E-state index in [2.05, 4.69) is 17.4 Å². The first-order valence-electron chi connectivity index (χ1n) is 10.2. The summed E-state index contributed by atoms with van der Waals surface area (Å²) in [6.45, 7) is 4.78. The number of amides is 1. The van der Waals surface area contributed by atoms with E-state index < -0.39 is 10.0 Å². The molecule has 0 radical (unpaired) electrons. The monoisotopic (exact) mass is 446 g/mol. The molecule has 30 heavy (non-hydrogen) atoms. The summed E-state index contributed by atoms with van der Waals surface area (Å²) in [5, 5.41) is 3.16. The molecule has 1 fully saturated rings. The molecular weight excluding hydrogens is 416 g/mol. The first-order chi connectivity index (χ1) is 14.2. The van der Waals surface area contributed by atoms with Crippen LogP contribution in [0, 0.1) is 5.92 Å². The summed E-state index contributed by atoms with van der Waals surface area (Å²) in [5.41, 5.74) is 0.817. The molecule has 1 aliphatic rings. The SMILES string of the molecule is CSc1ccc(S(=O)(=O)N2CCC(C(=O)NC(C)(C)Cc3ccccc3)CC2)cc1. The Balaban J connectivity index is 1.57. The molecule has 1 saturated heterocycles. The molecule has 0 saturated carbocycles. The van der Waals surface area contributed by atoms with Gasteiger partial charge in [0.2, 0.25) is 15.9 Å². The van der Waals surface area contributed by atoms with Gasteiger partial charge in [0.1, 0.15) is 0 Å². The van der Waals surface area contributed by atoms with Crippen LogP contribution in [0.25, 0.3) is 0 Å². The van der Waals surface area contributed by atoms with Crippen LogP contribution in [0.4, 0.5) is 0 Å². The second kappa shape index (κ2) is 9.54. The van der Waals surface area contributed by atoms with E-state index in [4.69, 9.17) is 0 Å². The Bertz CT molecular complexity index is 950. The molecule has 1 aliphatic heterocycles. The Morgan fingerprint density at radius 1 is 1.07 bits per heavy atom. The molecule has 0 unspecified atom stereocenters. The minimum atomic E-state index is -3.52. The maximum Gasteiger partial charge on any atom is 0.243 e. The van der Waals surface area contributed by atoms with Crippen molar-refractivity contribution in [3.63, 3.8) is 0 Å². The van der Waals surface area contributed by atoms with Crippen LogP contribution in [-0.4, -0.2) is 43.5 Å². The molecule has 162 valence electrons. The Hall–Kier alpha value is -1.83. The van der Waals surface area contributed by atoms with Gasteiger partial charge in [0.05, 0.1) is 4.90 Å². The Morgan fingerprint density at radius 3 is 2.23 bits per heavy atom. The van der Waals surface area contributed by atoms with Gasteiger partial charge in [-0.15, -0.1) is 11.8 Å². The van der Waals surface area contributed by atoms with Gasteiger partial charge in [0.25, 0.3) is 0 Å². The van der Waals surface area contributed by atoms with E-state index >= 15 is 0 Å². The smallest absolute Gasteiger partial charge is 0.243 e. The van der Waals surface area contributed by atoms with Gasteiger partial charge < -0.3 is 5.32 Å². The van der Waals surface area contributed by atoms with Crippen LogP contribution in [0.1, 0.15) is 32.3 Å². The van der Waals surface area contributed by atoms with Crippen molar-refractivity contribution >= 4 is 27.7 Å². The second-order valence-electron chi connectivity index (χ2n) is 8.39. The number of thioether (sulfide) groups is 1. The molecule has 2 aromatic rings. The summed E-state index contributed by atoms with van der Waals surface area (Å²) in [5.74, 6) is -0.150. The number of nitrogens with one attached hydrogen (secondary N) is 1. The van der Waals surface area contributed by atoms with Gasteiger partial charge in [-0.25, -0.2) is 8.42 Å². The highest BCUT2D eigenvalue weighted by Crippen LogP contribution is 2.26. The van der Waals surface area contributed by atoms with E-state index in [1.165, 1.54) is 9.87 Å². The van der Waals surface area contributed by atoms with Crippen LogP contribution in [0.3, 0.4) is 0 Å². The van der Waals surface area contributed by atoms with Gasteiger partial charge in [-0.1, -0.05) is 30.3 Å². The average Bonchev–Trinajstić information content (AvgIpc) is 2.74. The second-order valence-corrected chi connectivity index (χ2v) is 11.2. The standard InChI is InChI=1S/C23H30N2O3S2/c1-23(2,17-18-7-5-4-6-8-18)24-22(26)19-13-15-25(16-14-19)30(27,28)21-11-9-20(29-3)10-12-21/h4-12,19H,13-17H2,1-3H3,(H,24,26). The average molecular weight is 447 g/mol. The molecule has 1 amide bonds. The molecule has 0 atom stereocenters. The molecule has 0 bridgehead atoms. The molecule has 7 heteroatoms. The number of rotatable bonds is 7. The predicted octanol–water partition coefficient (Wildman–Crippen LogP) is 3.95. The van der Waals surface area contributed by atoms with Crippen molar-refractivity contribution in [2.75, 3.05) is 19.3 Å². The number of benzene rings is 2. The molecule has 0 aliphatic carbocycles. The number of hydrogen-bond donors (Lipinski definition) is 1. The maximum atomic E-state index is 12.9. The Labute approximate surface area is 184 Å². The van der Waals surface area contributed by atoms with Gasteiger partial charge in [0.15, 0.2) is 0 Å². The maximum absolute atomic E-state index is 12.9. The number of hydrogen-bond acceptors (Lipinski definition) is 4. The van der Waals surface area contributed by atoms with Gasteiger partial charge >= 0.3 is 0 Å². The number of carbonyl (C=O) groups is 1. The van der Waals surface area contributed by atoms with E-state index in [-0.39, 0.29) is 17.4 Å². The van der Waals surface area contributed by atoms with Gasteiger partial charge in [-0.2, -0.15) is 4.31 Å². The van der Waals surface area contributed by atoms with Crippen LogP contribution >= 0.6 is 11.8 Å². The van der Waals surface area contributed by atoms with E-state index in [9.17, 15) is 13.2 Å². The Kier molecular flexibility index (Phi) is 7.26. The molecule has 5 nitrogen and oxygen atoms in total. The summed E-state index contributed by atoms with van der Waals surface area (Å²) in [6, 6.07) is 17.1.